The van der Waals surface area contributed by atoms with E-state index < -0.39 is 29.7 Å². The van der Waals surface area contributed by atoms with Crippen molar-refractivity contribution in [3.63, 3.8) is 0 Å². The quantitative estimate of drug-likeness (QED) is 0.403. The average Bonchev–Trinajstić information content (AvgIpc) is 2.88. The van der Waals surface area contributed by atoms with Gasteiger partial charge in [0, 0.05) is 48.7 Å². The van der Waals surface area contributed by atoms with Crippen molar-refractivity contribution in [1.82, 2.24) is 10.2 Å². The molecule has 1 saturated heterocycles. The Hall–Kier alpha value is -2.53. The Morgan fingerprint density at radius 1 is 1.08 bits per heavy atom. The predicted octanol–water partition coefficient (Wildman–Crippen LogP) is 4.39. The number of rotatable bonds is 9. The van der Waals surface area contributed by atoms with Crippen molar-refractivity contribution in [2.24, 2.45) is 17.4 Å². The summed E-state index contributed by atoms with van der Waals surface area (Å²) < 4.78 is 42.1. The lowest BCUT2D eigenvalue weighted by Crippen LogP contribution is -2.56. The van der Waals surface area contributed by atoms with Crippen LogP contribution in [0.1, 0.15) is 43.0 Å². The number of carbonyl (C=O) groups is 2. The fourth-order valence-electron chi connectivity index (χ4n) is 4.81. The summed E-state index contributed by atoms with van der Waals surface area (Å²) in [5.74, 6) is -0.685. The molecule has 214 valence electrons. The number of benzene rings is 2. The molecule has 0 bridgehead atoms. The van der Waals surface area contributed by atoms with Gasteiger partial charge >= 0.3 is 6.18 Å². The summed E-state index contributed by atoms with van der Waals surface area (Å²) in [5.41, 5.74) is 12.2. The van der Waals surface area contributed by atoms with Crippen LogP contribution in [0.4, 0.5) is 18.9 Å². The first-order valence-electron chi connectivity index (χ1n) is 12.7. The molecule has 1 aliphatic heterocycles. The first-order valence-corrected chi connectivity index (χ1v) is 13.5. The summed E-state index contributed by atoms with van der Waals surface area (Å²) in [6.07, 6.45) is -3.93. The minimum absolute atomic E-state index is 0.0613. The SMILES string of the molecule is CC(C)C[C@@H](N)c1cccc(C(F)(F)F)c1N1CCN(C(=O)[C@@H](Cc2ccc(Cl)cc2Cl)NC(=O)CN)CC1. The van der Waals surface area contributed by atoms with Crippen molar-refractivity contribution in [3.8, 4) is 0 Å². The van der Waals surface area contributed by atoms with Crippen LogP contribution in [-0.4, -0.2) is 55.5 Å². The Bertz CT molecular complexity index is 1170. The Kier molecular flexibility index (Phi) is 10.5. The zero-order valence-corrected chi connectivity index (χ0v) is 23.4. The van der Waals surface area contributed by atoms with Gasteiger partial charge in [0.1, 0.15) is 6.04 Å². The van der Waals surface area contributed by atoms with Gasteiger partial charge in [0.15, 0.2) is 0 Å². The summed E-state index contributed by atoms with van der Waals surface area (Å²) in [4.78, 5) is 28.8. The Labute approximate surface area is 236 Å². The highest BCUT2D eigenvalue weighted by atomic mass is 35.5. The molecule has 3 rings (SSSR count). The number of carbonyl (C=O) groups excluding carboxylic acids is 2. The Balaban J connectivity index is 1.83. The molecule has 0 spiro atoms. The highest BCUT2D eigenvalue weighted by molar-refractivity contribution is 6.35. The van der Waals surface area contributed by atoms with E-state index in [9.17, 15) is 22.8 Å². The predicted molar refractivity (Wildman–Crippen MR) is 148 cm³/mol. The van der Waals surface area contributed by atoms with Crippen LogP contribution in [0.3, 0.4) is 0 Å². The lowest BCUT2D eigenvalue weighted by atomic mass is 9.93. The highest BCUT2D eigenvalue weighted by Crippen LogP contribution is 2.41. The first kappa shape index (κ1) is 31.0. The molecule has 7 nitrogen and oxygen atoms in total. The lowest BCUT2D eigenvalue weighted by molar-refractivity contribution is -0.138. The van der Waals surface area contributed by atoms with Gasteiger partial charge in [0.05, 0.1) is 17.8 Å². The average molecular weight is 589 g/mol. The molecular weight excluding hydrogens is 554 g/mol. The summed E-state index contributed by atoms with van der Waals surface area (Å²) in [6.45, 7) is 4.28. The zero-order valence-electron chi connectivity index (χ0n) is 21.9. The zero-order chi connectivity index (χ0) is 28.9. The molecule has 1 fully saturated rings. The molecule has 2 atom stereocenters. The van der Waals surface area contributed by atoms with E-state index in [-0.39, 0.29) is 56.7 Å². The largest absolute Gasteiger partial charge is 0.418 e. The number of anilines is 1. The monoisotopic (exact) mass is 587 g/mol. The van der Waals surface area contributed by atoms with Gasteiger partial charge in [-0.15, -0.1) is 0 Å². The first-order chi connectivity index (χ1) is 18.3. The minimum Gasteiger partial charge on any atom is -0.367 e. The number of alkyl halides is 3. The normalized spacial score (nSPS) is 15.8. The third-order valence-electron chi connectivity index (χ3n) is 6.66. The van der Waals surface area contributed by atoms with Crippen LogP contribution in [0.2, 0.25) is 10.0 Å². The van der Waals surface area contributed by atoms with E-state index in [4.69, 9.17) is 34.7 Å². The second-order valence-electron chi connectivity index (χ2n) is 10.1. The van der Waals surface area contributed by atoms with Crippen LogP contribution in [0, 0.1) is 5.92 Å². The summed E-state index contributed by atoms with van der Waals surface area (Å²) in [5, 5.41) is 3.42. The summed E-state index contributed by atoms with van der Waals surface area (Å²) >= 11 is 12.3. The number of para-hydroxylation sites is 1. The van der Waals surface area contributed by atoms with Crippen LogP contribution >= 0.6 is 23.2 Å². The van der Waals surface area contributed by atoms with Gasteiger partial charge in [-0.25, -0.2) is 0 Å². The van der Waals surface area contributed by atoms with E-state index in [0.29, 0.717) is 27.6 Å². The molecule has 0 aliphatic carbocycles. The molecule has 0 aromatic heterocycles. The van der Waals surface area contributed by atoms with Gasteiger partial charge in [-0.05, 0) is 41.7 Å². The molecule has 12 heteroatoms. The van der Waals surface area contributed by atoms with E-state index in [1.54, 1.807) is 29.2 Å². The van der Waals surface area contributed by atoms with Crippen LogP contribution in [0.25, 0.3) is 0 Å². The second-order valence-corrected chi connectivity index (χ2v) is 10.9. The number of piperazine rings is 1. The number of nitrogens with zero attached hydrogens (tertiary/aromatic N) is 2. The van der Waals surface area contributed by atoms with Crippen molar-refractivity contribution in [1.29, 1.82) is 0 Å². The molecule has 2 aromatic rings. The molecule has 0 radical (unpaired) electrons. The van der Waals surface area contributed by atoms with E-state index in [2.05, 4.69) is 5.32 Å². The van der Waals surface area contributed by atoms with Crippen LogP contribution in [-0.2, 0) is 22.2 Å². The van der Waals surface area contributed by atoms with E-state index in [1.165, 1.54) is 11.0 Å². The third kappa shape index (κ3) is 8.00. The number of halogens is 5. The molecule has 1 heterocycles. The van der Waals surface area contributed by atoms with Crippen LogP contribution < -0.4 is 21.7 Å². The van der Waals surface area contributed by atoms with Gasteiger partial charge in [0.25, 0.3) is 0 Å². The van der Waals surface area contributed by atoms with Crippen molar-refractivity contribution in [2.45, 2.75) is 44.9 Å². The number of nitrogens with one attached hydrogen (secondary N) is 1. The molecule has 0 saturated carbocycles. The number of nitrogens with two attached hydrogens (primary N) is 2. The van der Waals surface area contributed by atoms with Crippen molar-refractivity contribution in [2.75, 3.05) is 37.6 Å². The fraction of sp³-hybridized carbons (Fsp3) is 0.481. The minimum atomic E-state index is -4.56. The third-order valence-corrected chi connectivity index (χ3v) is 7.25. The van der Waals surface area contributed by atoms with Gasteiger partial charge in [-0.3, -0.25) is 9.59 Å². The molecule has 39 heavy (non-hydrogen) atoms. The van der Waals surface area contributed by atoms with Crippen LogP contribution in [0.5, 0.6) is 0 Å². The smallest absolute Gasteiger partial charge is 0.367 e. The van der Waals surface area contributed by atoms with E-state index in [1.807, 2.05) is 13.8 Å². The van der Waals surface area contributed by atoms with Gasteiger partial charge in [-0.1, -0.05) is 55.2 Å². The standard InChI is InChI=1S/C27H34Cl2F3N5O2/c1-16(2)12-22(34)19-4-3-5-20(27(30,31)32)25(19)36-8-10-37(11-9-36)26(39)23(35-24(38)15-33)13-17-6-7-18(28)14-21(17)29/h3-7,14,16,22-23H,8-13,15,33-34H2,1-2H3,(H,35,38)/t22-,23-/m1/s1. The maximum Gasteiger partial charge on any atom is 0.418 e. The number of hydrogen-bond donors (Lipinski definition) is 3. The van der Waals surface area contributed by atoms with Crippen molar-refractivity contribution < 1.29 is 22.8 Å². The van der Waals surface area contributed by atoms with Gasteiger partial charge in [-0.2, -0.15) is 13.2 Å². The highest BCUT2D eigenvalue weighted by Gasteiger charge is 2.38. The Morgan fingerprint density at radius 2 is 1.74 bits per heavy atom. The fourth-order valence-corrected chi connectivity index (χ4v) is 5.29. The summed E-state index contributed by atoms with van der Waals surface area (Å²) in [7, 11) is 0. The van der Waals surface area contributed by atoms with Crippen molar-refractivity contribution >= 4 is 40.7 Å². The van der Waals surface area contributed by atoms with Gasteiger partial charge < -0.3 is 26.6 Å². The number of amides is 2. The van der Waals surface area contributed by atoms with Gasteiger partial charge in [0.2, 0.25) is 11.8 Å². The topological polar surface area (TPSA) is 105 Å². The maximum absolute atomic E-state index is 14.0. The Morgan fingerprint density at radius 3 is 2.31 bits per heavy atom. The summed E-state index contributed by atoms with van der Waals surface area (Å²) in [6, 6.07) is 7.42. The van der Waals surface area contributed by atoms with E-state index >= 15 is 0 Å². The van der Waals surface area contributed by atoms with E-state index in [0.717, 1.165) is 6.07 Å². The molecular formula is C27H34Cl2F3N5O2. The molecule has 1 aliphatic rings. The number of hydrogen-bond acceptors (Lipinski definition) is 5. The lowest BCUT2D eigenvalue weighted by Gasteiger charge is -2.40. The molecule has 0 unspecified atom stereocenters. The molecule has 5 N–H and O–H groups in total. The molecule has 2 aromatic carbocycles. The maximum atomic E-state index is 14.0. The van der Waals surface area contributed by atoms with Crippen LogP contribution in [0.15, 0.2) is 36.4 Å². The second kappa shape index (κ2) is 13.2. The molecule has 2 amide bonds. The van der Waals surface area contributed by atoms with Crippen molar-refractivity contribution in [3.05, 3.63) is 63.1 Å².